The van der Waals surface area contributed by atoms with E-state index in [4.69, 9.17) is 28.4 Å². The van der Waals surface area contributed by atoms with Gasteiger partial charge in [0, 0.05) is 42.0 Å². The van der Waals surface area contributed by atoms with Gasteiger partial charge in [-0.15, -0.1) is 11.8 Å². The molecule has 0 unspecified atom stereocenters. The number of amides is 4. The second-order valence-electron chi connectivity index (χ2n) is 15.7. The number of aldehydes is 1. The molecule has 0 fully saturated rings. The number of benzene rings is 3. The van der Waals surface area contributed by atoms with Crippen LogP contribution in [0.5, 0.6) is 23.0 Å². The normalized spacial score (nSPS) is 12.1. The molecule has 0 aliphatic heterocycles. The van der Waals surface area contributed by atoms with Crippen molar-refractivity contribution in [3.8, 4) is 23.0 Å². The molecule has 4 amide bonds. The largest absolute Gasteiger partial charge is 0.496 e. The zero-order valence-corrected chi connectivity index (χ0v) is 37.1. The number of hydrogen-bond acceptors (Lipinski definition) is 13. The Balaban J connectivity index is 1.76. The van der Waals surface area contributed by atoms with Gasteiger partial charge in [0.1, 0.15) is 46.3 Å². The third kappa shape index (κ3) is 17.3. The Bertz CT molecular complexity index is 1940. The molecule has 16 nitrogen and oxygen atoms in total. The van der Waals surface area contributed by atoms with E-state index in [1.807, 2.05) is 6.07 Å². The number of thioether (sulfide) groups is 1. The molecule has 0 aliphatic carbocycles. The highest BCUT2D eigenvalue weighted by molar-refractivity contribution is 7.98. The van der Waals surface area contributed by atoms with Gasteiger partial charge in [-0.25, -0.2) is 14.4 Å². The van der Waals surface area contributed by atoms with Gasteiger partial charge in [0.25, 0.3) is 0 Å². The van der Waals surface area contributed by atoms with Crippen LogP contribution >= 0.6 is 11.8 Å². The van der Waals surface area contributed by atoms with E-state index in [1.165, 1.54) is 33.1 Å². The molecule has 3 rings (SSSR count). The molecule has 0 spiro atoms. The SMILES string of the molecule is COc1cc(OC)c(CSc2c(C=O)cccc2OC(=O)[C@H](Cc2ccccc2)NC(=O)CNC(=O)[C@H](CCCCNC(=O)OC(C)(C)C)NC(=O)OC(C)(C)C)c(OC)c1. The molecular formula is C44H58N4O12S. The Morgan fingerprint density at radius 1 is 0.721 bits per heavy atom. The number of methoxy groups -OCH3 is 3. The summed E-state index contributed by atoms with van der Waals surface area (Å²) in [5.41, 5.74) is 0.155. The average Bonchev–Trinajstić information content (AvgIpc) is 3.20. The van der Waals surface area contributed by atoms with E-state index in [0.717, 1.165) is 0 Å². The summed E-state index contributed by atoms with van der Waals surface area (Å²) in [6.07, 6.45) is 0.318. The number of carbonyl (C=O) groups is 6. The summed E-state index contributed by atoms with van der Waals surface area (Å²) in [7, 11) is 4.55. The molecule has 0 bridgehead atoms. The zero-order valence-electron chi connectivity index (χ0n) is 36.3. The van der Waals surface area contributed by atoms with Crippen LogP contribution in [0.25, 0.3) is 0 Å². The predicted octanol–water partition coefficient (Wildman–Crippen LogP) is 6.15. The fourth-order valence-corrected chi connectivity index (χ4v) is 6.79. The molecule has 17 heteroatoms. The van der Waals surface area contributed by atoms with Crippen LogP contribution < -0.4 is 40.2 Å². The highest BCUT2D eigenvalue weighted by Crippen LogP contribution is 2.41. The summed E-state index contributed by atoms with van der Waals surface area (Å²) < 4.78 is 33.0. The molecule has 0 heterocycles. The first-order valence-electron chi connectivity index (χ1n) is 19.6. The summed E-state index contributed by atoms with van der Waals surface area (Å²) in [6, 6.07) is 14.8. The molecule has 0 saturated carbocycles. The fourth-order valence-electron chi connectivity index (χ4n) is 5.68. The highest BCUT2D eigenvalue weighted by atomic mass is 32.2. The number of alkyl carbamates (subject to hydrolysis) is 2. The average molecular weight is 867 g/mol. The number of esters is 1. The van der Waals surface area contributed by atoms with Crippen LogP contribution in [-0.4, -0.2) is 94.0 Å². The maximum absolute atomic E-state index is 13.9. The van der Waals surface area contributed by atoms with Crippen LogP contribution in [0.15, 0.2) is 65.6 Å². The molecule has 0 radical (unpaired) electrons. The van der Waals surface area contributed by atoms with Gasteiger partial charge in [-0.05, 0) is 72.4 Å². The Morgan fingerprint density at radius 3 is 1.95 bits per heavy atom. The predicted molar refractivity (Wildman–Crippen MR) is 229 cm³/mol. The van der Waals surface area contributed by atoms with E-state index >= 15 is 0 Å². The van der Waals surface area contributed by atoms with Gasteiger partial charge in [-0.1, -0.05) is 42.5 Å². The van der Waals surface area contributed by atoms with Gasteiger partial charge in [0.15, 0.2) is 6.29 Å². The molecule has 0 aromatic heterocycles. The van der Waals surface area contributed by atoms with E-state index in [9.17, 15) is 28.8 Å². The second kappa shape index (κ2) is 23.7. The molecule has 0 saturated heterocycles. The van der Waals surface area contributed by atoms with Gasteiger partial charge in [0.2, 0.25) is 11.8 Å². The lowest BCUT2D eigenvalue weighted by Gasteiger charge is -2.23. The molecule has 4 N–H and O–H groups in total. The van der Waals surface area contributed by atoms with E-state index in [1.54, 1.807) is 96.1 Å². The maximum Gasteiger partial charge on any atom is 0.408 e. The van der Waals surface area contributed by atoms with Crippen molar-refractivity contribution in [3.05, 3.63) is 77.4 Å². The highest BCUT2D eigenvalue weighted by Gasteiger charge is 2.28. The Labute approximate surface area is 361 Å². The van der Waals surface area contributed by atoms with Gasteiger partial charge in [0.05, 0.1) is 32.8 Å². The molecule has 0 aliphatic rings. The maximum atomic E-state index is 13.9. The van der Waals surface area contributed by atoms with Crippen molar-refractivity contribution in [1.29, 1.82) is 0 Å². The zero-order chi connectivity index (χ0) is 45.2. The van der Waals surface area contributed by atoms with Crippen molar-refractivity contribution < 1.29 is 57.2 Å². The van der Waals surface area contributed by atoms with Crippen LogP contribution in [0.2, 0.25) is 0 Å². The molecule has 3 aromatic carbocycles. The lowest BCUT2D eigenvalue weighted by atomic mass is 10.1. The topological polar surface area (TPSA) is 206 Å². The lowest BCUT2D eigenvalue weighted by molar-refractivity contribution is -0.139. The van der Waals surface area contributed by atoms with Gasteiger partial charge < -0.3 is 49.7 Å². The van der Waals surface area contributed by atoms with Crippen molar-refractivity contribution >= 4 is 48.0 Å². The van der Waals surface area contributed by atoms with Crippen molar-refractivity contribution in [3.63, 3.8) is 0 Å². The molecule has 332 valence electrons. The van der Waals surface area contributed by atoms with E-state index in [-0.39, 0.29) is 36.5 Å². The van der Waals surface area contributed by atoms with E-state index in [2.05, 4.69) is 21.3 Å². The minimum Gasteiger partial charge on any atom is -0.496 e. The van der Waals surface area contributed by atoms with Crippen molar-refractivity contribution in [1.82, 2.24) is 21.3 Å². The van der Waals surface area contributed by atoms with Gasteiger partial charge >= 0.3 is 18.2 Å². The quantitative estimate of drug-likeness (QED) is 0.0312. The number of ether oxygens (including phenoxy) is 6. The first kappa shape index (κ1) is 49.4. The second-order valence-corrected chi connectivity index (χ2v) is 16.6. The Hall–Kier alpha value is -5.97. The first-order valence-corrected chi connectivity index (χ1v) is 20.6. The summed E-state index contributed by atoms with van der Waals surface area (Å²) in [4.78, 5) is 78.0. The fraction of sp³-hybridized carbons (Fsp3) is 0.455. The van der Waals surface area contributed by atoms with Crippen molar-refractivity contribution in [2.75, 3.05) is 34.4 Å². The Kier molecular flexibility index (Phi) is 19.2. The van der Waals surface area contributed by atoms with Gasteiger partial charge in [-0.3, -0.25) is 14.4 Å². The Morgan fingerprint density at radius 2 is 1.36 bits per heavy atom. The monoisotopic (exact) mass is 866 g/mol. The third-order valence-electron chi connectivity index (χ3n) is 8.45. The summed E-state index contributed by atoms with van der Waals surface area (Å²) in [5, 5.41) is 10.4. The van der Waals surface area contributed by atoms with Crippen LogP contribution in [0, 0.1) is 0 Å². The molecule has 2 atom stereocenters. The minimum atomic E-state index is -1.22. The summed E-state index contributed by atoms with van der Waals surface area (Å²) in [6.45, 7) is 10.0. The first-order chi connectivity index (χ1) is 28.9. The molecule has 3 aromatic rings. The standard InChI is InChI=1S/C44H58N4O12S/c1-43(2,3)59-41(53)45-21-14-13-19-32(48-42(54)60-44(4,5)6)39(51)46-25-37(50)47-33(22-28-16-11-10-12-17-28)40(52)58-34-20-15-18-29(26-49)38(34)61-27-31-35(56-8)23-30(55-7)24-36(31)57-9/h10-12,15-18,20,23-24,26,32-33H,13-14,19,21-22,25,27H2,1-9H3,(H,45,53)(H,46,51)(H,47,50)(H,48,54)/t32-,33-/m0/s1. The lowest BCUT2D eigenvalue weighted by Crippen LogP contribution is -2.52. The number of hydrogen-bond donors (Lipinski definition) is 4. The summed E-state index contributed by atoms with van der Waals surface area (Å²) in [5.74, 6) is -0.356. The minimum absolute atomic E-state index is 0.0373. The number of carbonyl (C=O) groups excluding carboxylic acids is 6. The van der Waals surface area contributed by atoms with E-state index in [0.29, 0.717) is 52.4 Å². The molecular weight excluding hydrogens is 809 g/mol. The van der Waals surface area contributed by atoms with Crippen molar-refractivity contribution in [2.24, 2.45) is 0 Å². The van der Waals surface area contributed by atoms with E-state index < -0.39 is 59.8 Å². The smallest absolute Gasteiger partial charge is 0.408 e. The number of rotatable bonds is 21. The van der Waals surface area contributed by atoms with Crippen molar-refractivity contribution in [2.45, 2.75) is 101 Å². The number of unbranched alkanes of at least 4 members (excludes halogenated alkanes) is 1. The number of nitrogens with one attached hydrogen (secondary N) is 4. The third-order valence-corrected chi connectivity index (χ3v) is 9.60. The van der Waals surface area contributed by atoms with Crippen LogP contribution in [-0.2, 0) is 36.0 Å². The van der Waals surface area contributed by atoms with Crippen LogP contribution in [0.3, 0.4) is 0 Å². The molecule has 61 heavy (non-hydrogen) atoms. The van der Waals surface area contributed by atoms with Gasteiger partial charge in [-0.2, -0.15) is 0 Å². The van der Waals surface area contributed by atoms with Crippen LogP contribution in [0.4, 0.5) is 9.59 Å². The van der Waals surface area contributed by atoms with Crippen LogP contribution in [0.1, 0.15) is 82.3 Å². The summed E-state index contributed by atoms with van der Waals surface area (Å²) >= 11 is 1.22.